The van der Waals surface area contributed by atoms with Crippen molar-refractivity contribution < 1.29 is 4.79 Å². The number of hydrogen-bond donors (Lipinski definition) is 0. The Bertz CT molecular complexity index is 399. The molecule has 1 rings (SSSR count). The third-order valence-corrected chi connectivity index (χ3v) is 7.98. The summed E-state index contributed by atoms with van der Waals surface area (Å²) in [6.45, 7) is 13.6. The number of rotatable bonds is 5. The second kappa shape index (κ2) is 5.53. The molecule has 0 aliphatic carbocycles. The first-order chi connectivity index (χ1) is 8.12. The zero-order valence-corrected chi connectivity index (χ0v) is 14.6. The molecule has 0 aromatic heterocycles. The molecule has 0 spiro atoms. The highest BCUT2D eigenvalue weighted by molar-refractivity contribution is 7.03. The van der Waals surface area contributed by atoms with E-state index in [1.54, 1.807) is 0 Å². The molecule has 1 aromatic rings. The molecule has 0 fully saturated rings. The van der Waals surface area contributed by atoms with Crippen molar-refractivity contribution in [1.82, 2.24) is 0 Å². The topological polar surface area (TPSA) is 17.1 Å². The molecule has 0 aliphatic rings. The van der Waals surface area contributed by atoms with Crippen molar-refractivity contribution in [2.24, 2.45) is 0 Å². The second-order valence-electron chi connectivity index (χ2n) is 7.21. The molecule has 0 bridgehead atoms. The van der Waals surface area contributed by atoms with E-state index in [9.17, 15) is 4.79 Å². The molecule has 3 heteroatoms. The van der Waals surface area contributed by atoms with Crippen LogP contribution in [-0.2, 0) is 4.79 Å². The van der Waals surface area contributed by atoms with Gasteiger partial charge in [-0.1, -0.05) is 69.6 Å². The molecule has 1 unspecified atom stereocenters. The van der Waals surface area contributed by atoms with E-state index in [1.807, 2.05) is 6.07 Å². The van der Waals surface area contributed by atoms with Gasteiger partial charge in [-0.05, 0) is 11.1 Å². The van der Waals surface area contributed by atoms with E-state index < -0.39 is 16.1 Å². The normalized spacial score (nSPS) is 14.3. The fourth-order valence-corrected chi connectivity index (χ4v) is 5.11. The van der Waals surface area contributed by atoms with Crippen LogP contribution in [0.4, 0.5) is 0 Å². The van der Waals surface area contributed by atoms with Crippen molar-refractivity contribution in [3.8, 4) is 0 Å². The van der Waals surface area contributed by atoms with Crippen molar-refractivity contribution in [3.63, 3.8) is 0 Å². The number of hydrogen-bond acceptors (Lipinski definition) is 1. The van der Waals surface area contributed by atoms with Crippen LogP contribution < -0.4 is 0 Å². The lowest BCUT2D eigenvalue weighted by Crippen LogP contribution is -2.39. The molecular formula is C15H26OSi2. The molecule has 0 heterocycles. The summed E-state index contributed by atoms with van der Waals surface area (Å²) in [7, 11) is -3.02. The Kier molecular flexibility index (Phi) is 4.73. The summed E-state index contributed by atoms with van der Waals surface area (Å²) < 4.78 is 0. The van der Waals surface area contributed by atoms with Crippen LogP contribution in [0.5, 0.6) is 0 Å². The smallest absolute Gasteiger partial charge is 0.123 e. The highest BCUT2D eigenvalue weighted by Gasteiger charge is 2.34. The van der Waals surface area contributed by atoms with Gasteiger partial charge in [0.25, 0.3) is 0 Å². The van der Waals surface area contributed by atoms with Crippen LogP contribution in [0.3, 0.4) is 0 Å². The molecule has 0 radical (unpaired) electrons. The summed E-state index contributed by atoms with van der Waals surface area (Å²) in [5.41, 5.74) is 1.81. The van der Waals surface area contributed by atoms with Crippen molar-refractivity contribution in [2.45, 2.75) is 51.2 Å². The summed E-state index contributed by atoms with van der Waals surface area (Å²) in [6.07, 6.45) is 0.745. The van der Waals surface area contributed by atoms with E-state index in [0.717, 1.165) is 6.42 Å². The van der Waals surface area contributed by atoms with Crippen LogP contribution in [0.2, 0.25) is 39.3 Å². The third-order valence-electron chi connectivity index (χ3n) is 3.47. The summed E-state index contributed by atoms with van der Waals surface area (Å²) in [4.78, 5) is 12.4. The Morgan fingerprint density at radius 3 is 1.89 bits per heavy atom. The minimum absolute atomic E-state index is 0.456. The van der Waals surface area contributed by atoms with Crippen molar-refractivity contribution in [1.29, 1.82) is 0 Å². The van der Waals surface area contributed by atoms with Crippen molar-refractivity contribution >= 4 is 21.6 Å². The molecule has 1 aromatic carbocycles. The SMILES string of the molecule is C[Si](C)(C)C(=O)CC(c1ccccc1)[Si](C)(C)C. The molecule has 100 valence electrons. The predicted octanol–water partition coefficient (Wildman–Crippen LogP) is 4.48. The van der Waals surface area contributed by atoms with E-state index in [0.29, 0.717) is 10.9 Å². The number of benzene rings is 1. The average Bonchev–Trinajstić information content (AvgIpc) is 2.23. The van der Waals surface area contributed by atoms with Crippen LogP contribution in [0.15, 0.2) is 30.3 Å². The maximum Gasteiger partial charge on any atom is 0.123 e. The summed E-state index contributed by atoms with van der Waals surface area (Å²) in [5.74, 6) is 0. The first-order valence-corrected chi connectivity index (χ1v) is 13.8. The van der Waals surface area contributed by atoms with Gasteiger partial charge in [0.15, 0.2) is 0 Å². The monoisotopic (exact) mass is 278 g/mol. The van der Waals surface area contributed by atoms with Crippen molar-refractivity contribution in [3.05, 3.63) is 35.9 Å². The lowest BCUT2D eigenvalue weighted by atomic mass is 10.1. The zero-order chi connectivity index (χ0) is 14.0. The van der Waals surface area contributed by atoms with Gasteiger partial charge in [-0.2, -0.15) is 0 Å². The summed E-state index contributed by atoms with van der Waals surface area (Å²) >= 11 is 0. The fraction of sp³-hybridized carbons (Fsp3) is 0.533. The Morgan fingerprint density at radius 1 is 1.00 bits per heavy atom. The van der Waals surface area contributed by atoms with Gasteiger partial charge in [-0.15, -0.1) is 0 Å². The van der Waals surface area contributed by atoms with E-state index in [1.165, 1.54) is 5.56 Å². The van der Waals surface area contributed by atoms with Crippen LogP contribution >= 0.6 is 0 Å². The zero-order valence-electron chi connectivity index (χ0n) is 12.6. The Labute approximate surface area is 114 Å². The van der Waals surface area contributed by atoms with Gasteiger partial charge in [-0.3, -0.25) is 0 Å². The van der Waals surface area contributed by atoms with Gasteiger partial charge < -0.3 is 4.79 Å². The molecule has 0 saturated heterocycles. The highest BCUT2D eigenvalue weighted by atomic mass is 28.3. The average molecular weight is 279 g/mol. The van der Waals surface area contributed by atoms with E-state index in [-0.39, 0.29) is 0 Å². The van der Waals surface area contributed by atoms with Gasteiger partial charge in [-0.25, -0.2) is 0 Å². The van der Waals surface area contributed by atoms with E-state index in [4.69, 9.17) is 0 Å². The molecule has 0 aliphatic heterocycles. The predicted molar refractivity (Wildman–Crippen MR) is 85.5 cm³/mol. The Hall–Kier alpha value is -0.676. The maximum absolute atomic E-state index is 12.4. The van der Waals surface area contributed by atoms with Crippen LogP contribution in [0.25, 0.3) is 0 Å². The maximum atomic E-state index is 12.4. The molecular weight excluding hydrogens is 252 g/mol. The highest BCUT2D eigenvalue weighted by Crippen LogP contribution is 2.31. The van der Waals surface area contributed by atoms with Gasteiger partial charge in [0.05, 0.1) is 8.07 Å². The number of carbonyl (C=O) groups excluding carboxylic acids is 1. The Morgan fingerprint density at radius 2 is 1.50 bits per heavy atom. The minimum Gasteiger partial charge on any atom is -0.305 e. The first kappa shape index (κ1) is 15.4. The molecule has 0 saturated carbocycles. The van der Waals surface area contributed by atoms with Crippen LogP contribution in [-0.4, -0.2) is 21.6 Å². The van der Waals surface area contributed by atoms with Crippen molar-refractivity contribution in [2.75, 3.05) is 0 Å². The number of carbonyl (C=O) groups is 1. The molecule has 18 heavy (non-hydrogen) atoms. The third kappa shape index (κ3) is 4.21. The molecule has 1 atom stereocenters. The first-order valence-electron chi connectivity index (χ1n) is 6.70. The summed E-state index contributed by atoms with van der Waals surface area (Å²) in [5, 5.41) is 0.513. The van der Waals surface area contributed by atoms with E-state index >= 15 is 0 Å². The van der Waals surface area contributed by atoms with Gasteiger partial charge in [0.2, 0.25) is 0 Å². The van der Waals surface area contributed by atoms with Crippen LogP contribution in [0, 0.1) is 0 Å². The second-order valence-corrected chi connectivity index (χ2v) is 17.7. The van der Waals surface area contributed by atoms with Gasteiger partial charge in [0, 0.05) is 6.42 Å². The fourth-order valence-electron chi connectivity index (χ4n) is 2.10. The molecule has 0 amide bonds. The molecule has 0 N–H and O–H groups in total. The lowest BCUT2D eigenvalue weighted by molar-refractivity contribution is -0.112. The standard InChI is InChI=1S/C15H26OSi2/c1-17(2,3)14(12-15(16)18(4,5)6)13-10-8-7-9-11-13/h7-11,14H,12H2,1-6H3. The Balaban J connectivity index is 2.99. The summed E-state index contributed by atoms with van der Waals surface area (Å²) in [6, 6.07) is 10.6. The lowest BCUT2D eigenvalue weighted by Gasteiger charge is -2.31. The van der Waals surface area contributed by atoms with Gasteiger partial charge >= 0.3 is 0 Å². The largest absolute Gasteiger partial charge is 0.305 e. The van der Waals surface area contributed by atoms with E-state index in [2.05, 4.69) is 63.5 Å². The minimum atomic E-state index is -1.65. The molecule has 1 nitrogen and oxygen atoms in total. The van der Waals surface area contributed by atoms with Crippen LogP contribution in [0.1, 0.15) is 17.5 Å². The van der Waals surface area contributed by atoms with Gasteiger partial charge in [0.1, 0.15) is 13.5 Å². The quantitative estimate of drug-likeness (QED) is 0.726.